The standard InChI is InChI=1S/C12H16O2/c1-4-12(3,11(13)14)10-7-5-9(2)6-8-10/h5-8H,4H2,1-3H3,(H,13,14). The number of rotatable bonds is 3. The van der Waals surface area contributed by atoms with Gasteiger partial charge in [-0.15, -0.1) is 0 Å². The van der Waals surface area contributed by atoms with Crippen molar-refractivity contribution < 1.29 is 9.90 Å². The predicted molar refractivity (Wildman–Crippen MR) is 56.5 cm³/mol. The fraction of sp³-hybridized carbons (Fsp3) is 0.417. The molecule has 1 rings (SSSR count). The number of hydrogen-bond donors (Lipinski definition) is 1. The zero-order valence-corrected chi connectivity index (χ0v) is 8.87. The number of aryl methyl sites for hydroxylation is 1. The van der Waals surface area contributed by atoms with Crippen LogP contribution in [0.25, 0.3) is 0 Å². The average Bonchev–Trinajstić information content (AvgIpc) is 2.17. The minimum atomic E-state index is -0.760. The summed E-state index contributed by atoms with van der Waals surface area (Å²) in [6.07, 6.45) is 0.603. The second-order valence-corrected chi connectivity index (χ2v) is 3.86. The number of hydrogen-bond acceptors (Lipinski definition) is 1. The lowest BCUT2D eigenvalue weighted by Crippen LogP contribution is -2.31. The first-order valence-corrected chi connectivity index (χ1v) is 4.81. The van der Waals surface area contributed by atoms with Crippen molar-refractivity contribution in [1.82, 2.24) is 0 Å². The Hall–Kier alpha value is -1.31. The van der Waals surface area contributed by atoms with Crippen LogP contribution >= 0.6 is 0 Å². The van der Waals surface area contributed by atoms with Gasteiger partial charge in [-0.05, 0) is 25.8 Å². The molecule has 2 heteroatoms. The Bertz CT molecular complexity index is 327. The van der Waals surface area contributed by atoms with E-state index in [-0.39, 0.29) is 0 Å². The van der Waals surface area contributed by atoms with E-state index in [1.807, 2.05) is 38.1 Å². The van der Waals surface area contributed by atoms with Gasteiger partial charge in [0.25, 0.3) is 0 Å². The highest BCUT2D eigenvalue weighted by Gasteiger charge is 2.32. The Morgan fingerprint density at radius 3 is 2.21 bits per heavy atom. The van der Waals surface area contributed by atoms with Crippen molar-refractivity contribution in [3.05, 3.63) is 35.4 Å². The molecule has 1 aromatic carbocycles. The van der Waals surface area contributed by atoms with Crippen LogP contribution in [0.2, 0.25) is 0 Å². The van der Waals surface area contributed by atoms with Gasteiger partial charge < -0.3 is 5.11 Å². The quantitative estimate of drug-likeness (QED) is 0.799. The molecular weight excluding hydrogens is 176 g/mol. The molecule has 0 aliphatic carbocycles. The lowest BCUT2D eigenvalue weighted by atomic mass is 9.80. The van der Waals surface area contributed by atoms with E-state index in [9.17, 15) is 4.79 Å². The highest BCUT2D eigenvalue weighted by atomic mass is 16.4. The molecule has 0 heterocycles. The molecule has 0 radical (unpaired) electrons. The van der Waals surface area contributed by atoms with Gasteiger partial charge in [-0.25, -0.2) is 0 Å². The predicted octanol–water partition coefficient (Wildman–Crippen LogP) is 2.75. The first-order chi connectivity index (χ1) is 6.50. The number of benzene rings is 1. The Balaban J connectivity index is 3.13. The zero-order chi connectivity index (χ0) is 10.8. The minimum Gasteiger partial charge on any atom is -0.481 e. The van der Waals surface area contributed by atoms with E-state index in [0.29, 0.717) is 6.42 Å². The molecular formula is C12H16O2. The van der Waals surface area contributed by atoms with Gasteiger partial charge in [0.05, 0.1) is 5.41 Å². The molecule has 0 aliphatic heterocycles. The van der Waals surface area contributed by atoms with Crippen LogP contribution < -0.4 is 0 Å². The van der Waals surface area contributed by atoms with Gasteiger partial charge in [0.1, 0.15) is 0 Å². The molecule has 1 atom stereocenters. The Labute approximate surface area is 84.6 Å². The van der Waals surface area contributed by atoms with Crippen molar-refractivity contribution in [2.75, 3.05) is 0 Å². The first kappa shape index (κ1) is 10.8. The first-order valence-electron chi connectivity index (χ1n) is 4.81. The number of aliphatic carboxylic acids is 1. The second kappa shape index (κ2) is 3.82. The van der Waals surface area contributed by atoms with Crippen molar-refractivity contribution in [1.29, 1.82) is 0 Å². The third-order valence-electron chi connectivity index (χ3n) is 2.87. The molecule has 1 N–H and O–H groups in total. The highest BCUT2D eigenvalue weighted by molar-refractivity contribution is 5.80. The van der Waals surface area contributed by atoms with Crippen molar-refractivity contribution in [3.63, 3.8) is 0 Å². The average molecular weight is 192 g/mol. The molecule has 14 heavy (non-hydrogen) atoms. The van der Waals surface area contributed by atoms with Crippen LogP contribution in [0, 0.1) is 6.92 Å². The van der Waals surface area contributed by atoms with Gasteiger partial charge >= 0.3 is 5.97 Å². The van der Waals surface area contributed by atoms with Crippen LogP contribution in [0.15, 0.2) is 24.3 Å². The van der Waals surface area contributed by atoms with E-state index in [2.05, 4.69) is 0 Å². The van der Waals surface area contributed by atoms with Crippen LogP contribution in [0.4, 0.5) is 0 Å². The Morgan fingerprint density at radius 1 is 1.36 bits per heavy atom. The summed E-state index contributed by atoms with van der Waals surface area (Å²) in [5, 5.41) is 9.16. The smallest absolute Gasteiger partial charge is 0.313 e. The molecule has 0 saturated heterocycles. The summed E-state index contributed by atoms with van der Waals surface area (Å²) in [6.45, 7) is 5.65. The van der Waals surface area contributed by atoms with E-state index >= 15 is 0 Å². The van der Waals surface area contributed by atoms with Crippen LogP contribution in [0.1, 0.15) is 31.4 Å². The molecule has 0 amide bonds. The Morgan fingerprint density at radius 2 is 1.86 bits per heavy atom. The van der Waals surface area contributed by atoms with Crippen molar-refractivity contribution >= 4 is 5.97 Å². The molecule has 0 aromatic heterocycles. The SMILES string of the molecule is CCC(C)(C(=O)O)c1ccc(C)cc1. The molecule has 0 aliphatic rings. The zero-order valence-electron chi connectivity index (χ0n) is 8.87. The van der Waals surface area contributed by atoms with Gasteiger partial charge in [-0.2, -0.15) is 0 Å². The van der Waals surface area contributed by atoms with Crippen LogP contribution in [0.3, 0.4) is 0 Å². The number of carboxylic acids is 1. The number of carboxylic acid groups (broad SMARTS) is 1. The van der Waals surface area contributed by atoms with E-state index < -0.39 is 11.4 Å². The van der Waals surface area contributed by atoms with Gasteiger partial charge in [0.2, 0.25) is 0 Å². The molecule has 1 aromatic rings. The molecule has 1 unspecified atom stereocenters. The second-order valence-electron chi connectivity index (χ2n) is 3.86. The topological polar surface area (TPSA) is 37.3 Å². The Kier molecular flexibility index (Phi) is 2.94. The maximum absolute atomic E-state index is 11.1. The fourth-order valence-electron chi connectivity index (χ4n) is 1.40. The van der Waals surface area contributed by atoms with Crippen LogP contribution in [-0.2, 0) is 10.2 Å². The van der Waals surface area contributed by atoms with Gasteiger partial charge in [-0.3, -0.25) is 4.79 Å². The summed E-state index contributed by atoms with van der Waals surface area (Å²) >= 11 is 0. The maximum atomic E-state index is 11.1. The summed E-state index contributed by atoms with van der Waals surface area (Å²) < 4.78 is 0. The third kappa shape index (κ3) is 1.79. The monoisotopic (exact) mass is 192 g/mol. The lowest BCUT2D eigenvalue weighted by molar-refractivity contribution is -0.143. The van der Waals surface area contributed by atoms with Crippen molar-refractivity contribution in [2.45, 2.75) is 32.6 Å². The molecule has 0 spiro atoms. The molecule has 0 fully saturated rings. The van der Waals surface area contributed by atoms with E-state index in [1.165, 1.54) is 0 Å². The summed E-state index contributed by atoms with van der Waals surface area (Å²) in [5.41, 5.74) is 1.27. The van der Waals surface area contributed by atoms with E-state index in [0.717, 1.165) is 11.1 Å². The van der Waals surface area contributed by atoms with Gasteiger partial charge in [-0.1, -0.05) is 36.8 Å². The normalized spacial score (nSPS) is 14.8. The third-order valence-corrected chi connectivity index (χ3v) is 2.87. The van der Waals surface area contributed by atoms with E-state index in [4.69, 9.17) is 5.11 Å². The largest absolute Gasteiger partial charge is 0.481 e. The number of carbonyl (C=O) groups is 1. The van der Waals surface area contributed by atoms with Gasteiger partial charge in [0.15, 0.2) is 0 Å². The van der Waals surface area contributed by atoms with Crippen LogP contribution in [0.5, 0.6) is 0 Å². The lowest BCUT2D eigenvalue weighted by Gasteiger charge is -2.23. The summed E-state index contributed by atoms with van der Waals surface area (Å²) in [4.78, 5) is 11.1. The van der Waals surface area contributed by atoms with Crippen molar-refractivity contribution in [3.8, 4) is 0 Å². The van der Waals surface area contributed by atoms with Crippen LogP contribution in [-0.4, -0.2) is 11.1 Å². The minimum absolute atomic E-state index is 0.603. The summed E-state index contributed by atoms with van der Waals surface area (Å²) in [5.74, 6) is -0.760. The fourth-order valence-corrected chi connectivity index (χ4v) is 1.40. The molecule has 76 valence electrons. The van der Waals surface area contributed by atoms with Crippen molar-refractivity contribution in [2.24, 2.45) is 0 Å². The molecule has 0 saturated carbocycles. The summed E-state index contributed by atoms with van der Waals surface area (Å²) in [6, 6.07) is 7.69. The maximum Gasteiger partial charge on any atom is 0.313 e. The highest BCUT2D eigenvalue weighted by Crippen LogP contribution is 2.27. The van der Waals surface area contributed by atoms with Gasteiger partial charge in [0, 0.05) is 0 Å². The summed E-state index contributed by atoms with van der Waals surface area (Å²) in [7, 11) is 0. The molecule has 2 nitrogen and oxygen atoms in total. The molecule has 0 bridgehead atoms. The van der Waals surface area contributed by atoms with E-state index in [1.54, 1.807) is 6.92 Å².